The number of nitrogens with two attached hydrogens (primary N) is 1. The molecule has 2 aromatic rings. The van der Waals surface area contributed by atoms with Crippen LogP contribution >= 0.6 is 0 Å². The van der Waals surface area contributed by atoms with Gasteiger partial charge in [-0.05, 0) is 73.5 Å². The molecule has 0 aliphatic carbocycles. The lowest BCUT2D eigenvalue weighted by atomic mass is 9.75. The number of fused-ring (bicyclic) bond motifs is 1. The highest BCUT2D eigenvalue weighted by Gasteiger charge is 2.38. The smallest absolute Gasteiger partial charge is 0.123 e. The fourth-order valence-electron chi connectivity index (χ4n) is 4.83. The average Bonchev–Trinajstić information content (AvgIpc) is 2.72. The summed E-state index contributed by atoms with van der Waals surface area (Å²) >= 11 is 0. The molecule has 4 N–H and O–H groups in total. The molecule has 2 heterocycles. The van der Waals surface area contributed by atoms with Crippen LogP contribution in [-0.2, 0) is 17.6 Å². The molecule has 2 aliphatic heterocycles. The number of phenols is 1. The van der Waals surface area contributed by atoms with Crippen LogP contribution in [-0.4, -0.2) is 30.8 Å². The molecule has 0 radical (unpaired) electrons. The van der Waals surface area contributed by atoms with Gasteiger partial charge < -0.3 is 20.9 Å². The van der Waals surface area contributed by atoms with Crippen LogP contribution in [0.1, 0.15) is 34.8 Å². The van der Waals surface area contributed by atoms with E-state index >= 15 is 0 Å². The Hall–Kier alpha value is -1.95. The van der Waals surface area contributed by atoms with Crippen molar-refractivity contribution in [1.82, 2.24) is 5.32 Å². The van der Waals surface area contributed by atoms with E-state index in [-0.39, 0.29) is 18.0 Å². The van der Waals surface area contributed by atoms with Crippen molar-refractivity contribution in [1.29, 1.82) is 0 Å². The number of piperidine rings is 1. The maximum absolute atomic E-state index is 13.3. The minimum absolute atomic E-state index is 0.0290. The first-order chi connectivity index (χ1) is 13.6. The topological polar surface area (TPSA) is 67.5 Å². The van der Waals surface area contributed by atoms with Crippen molar-refractivity contribution >= 4 is 0 Å². The van der Waals surface area contributed by atoms with Crippen molar-refractivity contribution in [2.24, 2.45) is 17.6 Å². The van der Waals surface area contributed by atoms with Gasteiger partial charge >= 0.3 is 0 Å². The number of hydrogen-bond donors (Lipinski definition) is 3. The number of aryl methyl sites for hydroxylation is 1. The molecule has 28 heavy (non-hydrogen) atoms. The van der Waals surface area contributed by atoms with Gasteiger partial charge in [0.15, 0.2) is 0 Å². The fraction of sp³-hybridized carbons (Fsp3) is 0.478. The molecule has 1 saturated heterocycles. The molecule has 0 amide bonds. The van der Waals surface area contributed by atoms with Crippen LogP contribution in [0, 0.1) is 24.6 Å². The number of nitrogens with one attached hydrogen (secondary N) is 1. The second kappa shape index (κ2) is 8.19. The van der Waals surface area contributed by atoms with E-state index in [1.807, 2.05) is 31.2 Å². The normalized spacial score (nSPS) is 27.4. The molecule has 4 atom stereocenters. The van der Waals surface area contributed by atoms with E-state index in [4.69, 9.17) is 10.5 Å². The zero-order valence-electron chi connectivity index (χ0n) is 16.3. The Morgan fingerprint density at radius 2 is 2.00 bits per heavy atom. The molecule has 2 unspecified atom stereocenters. The monoisotopic (exact) mass is 384 g/mol. The molecule has 0 saturated carbocycles. The Balaban J connectivity index is 1.58. The van der Waals surface area contributed by atoms with Gasteiger partial charge in [0.05, 0.1) is 12.2 Å². The molecule has 4 rings (SSSR count). The van der Waals surface area contributed by atoms with Crippen molar-refractivity contribution < 1.29 is 14.2 Å². The van der Waals surface area contributed by atoms with Crippen molar-refractivity contribution in [3.05, 3.63) is 64.5 Å². The summed E-state index contributed by atoms with van der Waals surface area (Å²) in [7, 11) is 0. The third-order valence-electron chi connectivity index (χ3n) is 6.38. The van der Waals surface area contributed by atoms with Gasteiger partial charge in [0.25, 0.3) is 0 Å². The predicted octanol–water partition coefficient (Wildman–Crippen LogP) is 3.25. The Morgan fingerprint density at radius 1 is 1.21 bits per heavy atom. The van der Waals surface area contributed by atoms with E-state index in [2.05, 4.69) is 5.32 Å². The largest absolute Gasteiger partial charge is 0.507 e. The Labute approximate surface area is 165 Å². The summed E-state index contributed by atoms with van der Waals surface area (Å²) in [6.07, 6.45) is 2.47. The zero-order chi connectivity index (χ0) is 19.7. The highest BCUT2D eigenvalue weighted by atomic mass is 19.1. The van der Waals surface area contributed by atoms with Crippen molar-refractivity contribution in [2.75, 3.05) is 19.6 Å². The Bertz CT molecular complexity index is 824. The van der Waals surface area contributed by atoms with Crippen LogP contribution < -0.4 is 11.1 Å². The summed E-state index contributed by atoms with van der Waals surface area (Å²) in [5.74, 6) is 0.948. The molecule has 1 fully saturated rings. The van der Waals surface area contributed by atoms with E-state index in [0.717, 1.165) is 48.2 Å². The van der Waals surface area contributed by atoms with E-state index in [1.54, 1.807) is 0 Å². The second-order valence-corrected chi connectivity index (χ2v) is 8.15. The van der Waals surface area contributed by atoms with Gasteiger partial charge in [-0.3, -0.25) is 0 Å². The molecular formula is C23H29FN2O2. The molecule has 0 bridgehead atoms. The highest BCUT2D eigenvalue weighted by molar-refractivity contribution is 5.47. The second-order valence-electron chi connectivity index (χ2n) is 8.15. The number of hydrogen-bond acceptors (Lipinski definition) is 4. The quantitative estimate of drug-likeness (QED) is 0.757. The standard InChI is InChI=1S/C23H29FN2O2/c1-14-2-7-19-20(23(14)27)11-21(28-22(19)12-25)18-8-9-26-13-16(18)10-15-3-5-17(24)6-4-15/h2-7,16,18,21-22,26-27H,8-13,25H2,1H3/t16?,18?,21-,22-/m0/s1. The highest BCUT2D eigenvalue weighted by Crippen LogP contribution is 2.41. The van der Waals surface area contributed by atoms with Crippen LogP contribution in [0.25, 0.3) is 0 Å². The number of phenolic OH excluding ortho intramolecular Hbond substituents is 1. The van der Waals surface area contributed by atoms with Crippen LogP contribution in [0.3, 0.4) is 0 Å². The zero-order valence-corrected chi connectivity index (χ0v) is 16.3. The average molecular weight is 384 g/mol. The van der Waals surface area contributed by atoms with Gasteiger partial charge in [0.2, 0.25) is 0 Å². The first kappa shape index (κ1) is 19.4. The van der Waals surface area contributed by atoms with Gasteiger partial charge in [0.1, 0.15) is 11.6 Å². The summed E-state index contributed by atoms with van der Waals surface area (Å²) in [6.45, 7) is 4.21. The summed E-state index contributed by atoms with van der Waals surface area (Å²) in [5.41, 5.74) is 10.1. The fourth-order valence-corrected chi connectivity index (χ4v) is 4.83. The number of rotatable bonds is 4. The maximum Gasteiger partial charge on any atom is 0.123 e. The van der Waals surface area contributed by atoms with E-state index in [1.165, 1.54) is 12.1 Å². The Morgan fingerprint density at radius 3 is 2.75 bits per heavy atom. The first-order valence-corrected chi connectivity index (χ1v) is 10.2. The number of benzene rings is 2. The van der Waals surface area contributed by atoms with Crippen molar-refractivity contribution in [3.63, 3.8) is 0 Å². The molecule has 0 spiro atoms. The van der Waals surface area contributed by atoms with Gasteiger partial charge in [-0.15, -0.1) is 0 Å². The maximum atomic E-state index is 13.3. The van der Waals surface area contributed by atoms with Gasteiger partial charge in [0, 0.05) is 18.5 Å². The van der Waals surface area contributed by atoms with E-state index in [9.17, 15) is 9.50 Å². The predicted molar refractivity (Wildman–Crippen MR) is 108 cm³/mol. The molecule has 2 aromatic carbocycles. The van der Waals surface area contributed by atoms with Gasteiger partial charge in [-0.1, -0.05) is 24.3 Å². The summed E-state index contributed by atoms with van der Waals surface area (Å²) in [6, 6.07) is 10.8. The van der Waals surface area contributed by atoms with Crippen molar-refractivity contribution in [2.45, 2.75) is 38.4 Å². The number of ether oxygens (including phenoxy) is 1. The number of halogens is 1. The summed E-state index contributed by atoms with van der Waals surface area (Å²) in [5, 5.41) is 14.2. The SMILES string of the molecule is Cc1ccc2c(c1O)C[C@@H](C1CCNCC1Cc1ccc(F)cc1)O[C@H]2CN. The third-order valence-corrected chi connectivity index (χ3v) is 6.38. The third kappa shape index (κ3) is 3.79. The minimum atomic E-state index is -0.203. The van der Waals surface area contributed by atoms with Gasteiger partial charge in [-0.25, -0.2) is 4.39 Å². The van der Waals surface area contributed by atoms with Crippen LogP contribution in [0.2, 0.25) is 0 Å². The summed E-state index contributed by atoms with van der Waals surface area (Å²) in [4.78, 5) is 0. The molecular weight excluding hydrogens is 355 g/mol. The minimum Gasteiger partial charge on any atom is -0.507 e. The lowest BCUT2D eigenvalue weighted by Crippen LogP contribution is -2.46. The van der Waals surface area contributed by atoms with E-state index in [0.29, 0.717) is 30.6 Å². The lowest BCUT2D eigenvalue weighted by Gasteiger charge is -2.42. The molecule has 2 aliphatic rings. The lowest BCUT2D eigenvalue weighted by molar-refractivity contribution is -0.0714. The molecule has 150 valence electrons. The van der Waals surface area contributed by atoms with Gasteiger partial charge in [-0.2, -0.15) is 0 Å². The Kier molecular flexibility index (Phi) is 5.67. The molecule has 5 heteroatoms. The van der Waals surface area contributed by atoms with Crippen LogP contribution in [0.15, 0.2) is 36.4 Å². The first-order valence-electron chi connectivity index (χ1n) is 10.2. The summed E-state index contributed by atoms with van der Waals surface area (Å²) < 4.78 is 19.7. The van der Waals surface area contributed by atoms with Crippen LogP contribution in [0.5, 0.6) is 5.75 Å². The van der Waals surface area contributed by atoms with Crippen molar-refractivity contribution in [3.8, 4) is 5.75 Å². The molecule has 0 aromatic heterocycles. The van der Waals surface area contributed by atoms with E-state index < -0.39 is 0 Å². The van der Waals surface area contributed by atoms with Crippen LogP contribution in [0.4, 0.5) is 4.39 Å². The molecule has 4 nitrogen and oxygen atoms in total. The number of aromatic hydroxyl groups is 1.